The van der Waals surface area contributed by atoms with E-state index >= 15 is 0 Å². The van der Waals surface area contributed by atoms with Crippen LogP contribution in [0.5, 0.6) is 0 Å². The predicted octanol–water partition coefficient (Wildman–Crippen LogP) is 14.4. The molecule has 3 unspecified atom stereocenters. The number of hydrogen-bond donors (Lipinski definition) is 4. The monoisotopic (exact) mass is 764 g/mol. The summed E-state index contributed by atoms with van der Waals surface area (Å²) in [7, 11) is 0. The normalized spacial score (nSPS) is 13.5. The minimum atomic E-state index is -1.09. The van der Waals surface area contributed by atoms with Gasteiger partial charge in [0.05, 0.1) is 18.8 Å². The van der Waals surface area contributed by atoms with Crippen molar-refractivity contribution < 1.29 is 20.1 Å². The number of amides is 1. The first-order chi connectivity index (χ1) is 26.6. The second kappa shape index (κ2) is 44.8. The Hall–Kier alpha value is -0.910. The Labute approximate surface area is 338 Å². The van der Waals surface area contributed by atoms with E-state index in [9.17, 15) is 20.1 Å². The Morgan fingerprint density at radius 1 is 0.444 bits per heavy atom. The first-order valence-electron chi connectivity index (χ1n) is 24.5. The lowest BCUT2D eigenvalue weighted by Gasteiger charge is -2.21. The third-order valence-electron chi connectivity index (χ3n) is 11.6. The highest BCUT2D eigenvalue weighted by Gasteiger charge is 2.22. The van der Waals surface area contributed by atoms with Crippen LogP contribution in [0.3, 0.4) is 0 Å². The molecule has 0 saturated carbocycles. The summed E-state index contributed by atoms with van der Waals surface area (Å²) < 4.78 is 0. The molecule has 5 nitrogen and oxygen atoms in total. The highest BCUT2D eigenvalue weighted by atomic mass is 16.3. The van der Waals surface area contributed by atoms with Gasteiger partial charge < -0.3 is 20.6 Å². The van der Waals surface area contributed by atoms with Gasteiger partial charge in [0.1, 0.15) is 6.10 Å². The molecule has 0 aliphatic carbocycles. The second-order valence-electron chi connectivity index (χ2n) is 17.0. The van der Waals surface area contributed by atoms with Crippen LogP contribution in [0.25, 0.3) is 0 Å². The molecule has 4 N–H and O–H groups in total. The summed E-state index contributed by atoms with van der Waals surface area (Å²) in [5, 5.41) is 33.3. The van der Waals surface area contributed by atoms with E-state index in [1.54, 1.807) is 6.08 Å². The van der Waals surface area contributed by atoms with Gasteiger partial charge in [-0.1, -0.05) is 264 Å². The Morgan fingerprint density at radius 3 is 1.02 bits per heavy atom. The van der Waals surface area contributed by atoms with Crippen molar-refractivity contribution in [1.82, 2.24) is 5.32 Å². The van der Waals surface area contributed by atoms with E-state index in [2.05, 4.69) is 19.2 Å². The van der Waals surface area contributed by atoms with Gasteiger partial charge in [-0.15, -0.1) is 0 Å². The largest absolute Gasteiger partial charge is 0.394 e. The van der Waals surface area contributed by atoms with Crippen LogP contribution in [-0.4, -0.2) is 46.1 Å². The van der Waals surface area contributed by atoms with Gasteiger partial charge in [0.25, 0.3) is 0 Å². The zero-order chi connectivity index (χ0) is 39.4. The van der Waals surface area contributed by atoms with E-state index in [-0.39, 0.29) is 6.61 Å². The van der Waals surface area contributed by atoms with Gasteiger partial charge in [0, 0.05) is 0 Å². The maximum Gasteiger partial charge on any atom is 0.249 e. The van der Waals surface area contributed by atoms with Crippen molar-refractivity contribution >= 4 is 5.91 Å². The van der Waals surface area contributed by atoms with E-state index in [0.717, 1.165) is 32.1 Å². The molecule has 5 heteroatoms. The van der Waals surface area contributed by atoms with Gasteiger partial charge in [0.2, 0.25) is 5.91 Å². The zero-order valence-corrected chi connectivity index (χ0v) is 36.6. The molecule has 0 aromatic rings. The summed E-state index contributed by atoms with van der Waals surface area (Å²) in [5.74, 6) is -0.498. The Kier molecular flexibility index (Phi) is 44.0. The molecule has 0 aliphatic rings. The van der Waals surface area contributed by atoms with Crippen LogP contribution < -0.4 is 5.32 Å². The Morgan fingerprint density at radius 2 is 0.722 bits per heavy atom. The van der Waals surface area contributed by atoms with Gasteiger partial charge >= 0.3 is 0 Å². The number of unbranched alkanes of at least 4 members (excludes halogenated alkanes) is 37. The van der Waals surface area contributed by atoms with Crippen molar-refractivity contribution in [1.29, 1.82) is 0 Å². The third-order valence-corrected chi connectivity index (χ3v) is 11.6. The number of carbonyl (C=O) groups excluding carboxylic acids is 1. The standard InChI is InChI=1S/C49H97NO4/c1-3-5-7-9-11-13-15-17-19-21-23-24-25-26-28-29-31-33-35-37-39-41-43-47(52)46(45-51)50-49(54)48(53)44-42-40-38-36-34-32-30-27-22-20-18-16-14-12-10-8-6-4-2/h41,43,46-48,51-53H,3-40,42,44-45H2,1-2H3,(H,50,54)/b43-41+. The van der Waals surface area contributed by atoms with Crippen molar-refractivity contribution in [3.05, 3.63) is 12.2 Å². The van der Waals surface area contributed by atoms with E-state index < -0.39 is 24.2 Å². The van der Waals surface area contributed by atoms with Crippen LogP contribution in [0.4, 0.5) is 0 Å². The van der Waals surface area contributed by atoms with Crippen molar-refractivity contribution in [3.63, 3.8) is 0 Å². The van der Waals surface area contributed by atoms with Crippen molar-refractivity contribution in [3.8, 4) is 0 Å². The maximum atomic E-state index is 12.5. The molecular formula is C49H97NO4. The minimum absolute atomic E-state index is 0.359. The summed E-state index contributed by atoms with van der Waals surface area (Å²) in [4.78, 5) is 12.5. The number of carbonyl (C=O) groups is 1. The average Bonchev–Trinajstić information content (AvgIpc) is 3.18. The molecule has 322 valence electrons. The topological polar surface area (TPSA) is 89.8 Å². The molecule has 0 fully saturated rings. The van der Waals surface area contributed by atoms with Gasteiger partial charge in [0.15, 0.2) is 0 Å². The number of nitrogens with one attached hydrogen (secondary N) is 1. The number of hydrogen-bond acceptors (Lipinski definition) is 4. The van der Waals surface area contributed by atoms with E-state index in [1.807, 2.05) is 6.08 Å². The fraction of sp³-hybridized carbons (Fsp3) is 0.939. The summed E-state index contributed by atoms with van der Waals surface area (Å²) in [6, 6.07) is -0.793. The highest BCUT2D eigenvalue weighted by molar-refractivity contribution is 5.80. The summed E-state index contributed by atoms with van der Waals surface area (Å²) in [6.07, 6.45) is 54.0. The zero-order valence-electron chi connectivity index (χ0n) is 36.6. The van der Waals surface area contributed by atoms with Gasteiger partial charge in [-0.05, 0) is 19.3 Å². The summed E-state index contributed by atoms with van der Waals surface area (Å²) in [5.41, 5.74) is 0. The van der Waals surface area contributed by atoms with E-state index in [1.165, 1.54) is 218 Å². The molecule has 0 aromatic carbocycles. The quantitative estimate of drug-likeness (QED) is 0.0367. The van der Waals surface area contributed by atoms with Crippen LogP contribution in [0.15, 0.2) is 12.2 Å². The molecule has 0 aromatic heterocycles. The number of rotatable bonds is 45. The maximum absolute atomic E-state index is 12.5. The SMILES string of the molecule is CCCCCCCCCCCCCCCCCCCCCC/C=C/C(O)C(CO)NC(=O)C(O)CCCCCCCCCCCCCCCCCCCC. The summed E-state index contributed by atoms with van der Waals surface area (Å²) >= 11 is 0. The van der Waals surface area contributed by atoms with Crippen molar-refractivity contribution in [2.75, 3.05) is 6.61 Å². The van der Waals surface area contributed by atoms with Crippen molar-refractivity contribution in [2.24, 2.45) is 0 Å². The molecule has 0 bridgehead atoms. The molecule has 0 rings (SSSR count). The fourth-order valence-corrected chi connectivity index (χ4v) is 7.78. The van der Waals surface area contributed by atoms with E-state index in [4.69, 9.17) is 0 Å². The minimum Gasteiger partial charge on any atom is -0.394 e. The molecule has 0 heterocycles. The lowest BCUT2D eigenvalue weighted by atomic mass is 10.0. The second-order valence-corrected chi connectivity index (χ2v) is 17.0. The molecule has 3 atom stereocenters. The molecule has 0 spiro atoms. The smallest absolute Gasteiger partial charge is 0.249 e. The predicted molar refractivity (Wildman–Crippen MR) is 236 cm³/mol. The molecule has 1 amide bonds. The van der Waals surface area contributed by atoms with Crippen LogP contribution in [0.2, 0.25) is 0 Å². The molecule has 0 saturated heterocycles. The number of aliphatic hydroxyl groups is 3. The molecule has 0 aliphatic heterocycles. The fourth-order valence-electron chi connectivity index (χ4n) is 7.78. The number of aliphatic hydroxyl groups excluding tert-OH is 3. The lowest BCUT2D eigenvalue weighted by Crippen LogP contribution is -2.48. The first-order valence-corrected chi connectivity index (χ1v) is 24.5. The third kappa shape index (κ3) is 39.3. The molecule has 54 heavy (non-hydrogen) atoms. The lowest BCUT2D eigenvalue weighted by molar-refractivity contribution is -0.131. The highest BCUT2D eigenvalue weighted by Crippen LogP contribution is 2.17. The Balaban J connectivity index is 3.60. The van der Waals surface area contributed by atoms with E-state index in [0.29, 0.717) is 6.42 Å². The van der Waals surface area contributed by atoms with Crippen LogP contribution in [0, 0.1) is 0 Å². The van der Waals surface area contributed by atoms with Crippen LogP contribution >= 0.6 is 0 Å². The van der Waals surface area contributed by atoms with Gasteiger partial charge in [-0.2, -0.15) is 0 Å². The van der Waals surface area contributed by atoms with Gasteiger partial charge in [-0.25, -0.2) is 0 Å². The number of allylic oxidation sites excluding steroid dienone is 1. The first kappa shape index (κ1) is 53.1. The Bertz CT molecular complexity index is 758. The molecule has 0 radical (unpaired) electrons. The van der Waals surface area contributed by atoms with Gasteiger partial charge in [-0.3, -0.25) is 4.79 Å². The van der Waals surface area contributed by atoms with Crippen LogP contribution in [-0.2, 0) is 4.79 Å². The molecular weight excluding hydrogens is 667 g/mol. The van der Waals surface area contributed by atoms with Crippen molar-refractivity contribution in [2.45, 2.75) is 289 Å². The average molecular weight is 764 g/mol. The summed E-state index contributed by atoms with van der Waals surface area (Å²) in [6.45, 7) is 4.21. The van der Waals surface area contributed by atoms with Crippen LogP contribution in [0.1, 0.15) is 271 Å².